The van der Waals surface area contributed by atoms with E-state index in [1.165, 1.54) is 5.56 Å². The van der Waals surface area contributed by atoms with Crippen LogP contribution in [0.25, 0.3) is 0 Å². The molecule has 1 heterocycles. The lowest BCUT2D eigenvalue weighted by Gasteiger charge is -2.08. The fourth-order valence-electron chi connectivity index (χ4n) is 1.73. The van der Waals surface area contributed by atoms with E-state index in [9.17, 15) is 0 Å². The Morgan fingerprint density at radius 3 is 2.78 bits per heavy atom. The Hall–Kier alpha value is -1.42. The van der Waals surface area contributed by atoms with Crippen LogP contribution >= 0.6 is 15.9 Å². The number of rotatable bonds is 4. The Morgan fingerprint density at radius 1 is 1.22 bits per heavy atom. The highest BCUT2D eigenvalue weighted by atomic mass is 79.9. The van der Waals surface area contributed by atoms with Gasteiger partial charge in [0.15, 0.2) is 0 Å². The third-order valence-electron chi connectivity index (χ3n) is 2.51. The first kappa shape index (κ1) is 13.0. The second-order valence-electron chi connectivity index (χ2n) is 4.24. The SMILES string of the molecule is CCCc1nc(Br)cc(Nc2cccc(C)c2)n1. The lowest BCUT2D eigenvalue weighted by atomic mass is 10.2. The van der Waals surface area contributed by atoms with Crippen LogP contribution in [0.2, 0.25) is 0 Å². The molecule has 0 amide bonds. The van der Waals surface area contributed by atoms with Gasteiger partial charge in [0, 0.05) is 18.2 Å². The van der Waals surface area contributed by atoms with Gasteiger partial charge in [-0.1, -0.05) is 19.1 Å². The molecule has 4 heteroatoms. The third-order valence-corrected chi connectivity index (χ3v) is 2.91. The van der Waals surface area contributed by atoms with Crippen LogP contribution in [0, 0.1) is 6.92 Å². The van der Waals surface area contributed by atoms with Crippen LogP contribution < -0.4 is 5.32 Å². The second-order valence-corrected chi connectivity index (χ2v) is 5.05. The normalized spacial score (nSPS) is 10.4. The van der Waals surface area contributed by atoms with Gasteiger partial charge in [-0.3, -0.25) is 0 Å². The maximum atomic E-state index is 4.50. The molecule has 0 aliphatic carbocycles. The van der Waals surface area contributed by atoms with Crippen molar-refractivity contribution in [3.63, 3.8) is 0 Å². The van der Waals surface area contributed by atoms with E-state index in [4.69, 9.17) is 0 Å². The number of anilines is 2. The van der Waals surface area contributed by atoms with Gasteiger partial charge in [0.25, 0.3) is 0 Å². The van der Waals surface area contributed by atoms with Gasteiger partial charge in [0.2, 0.25) is 0 Å². The summed E-state index contributed by atoms with van der Waals surface area (Å²) in [5, 5.41) is 3.30. The van der Waals surface area contributed by atoms with Crippen molar-refractivity contribution in [2.24, 2.45) is 0 Å². The largest absolute Gasteiger partial charge is 0.340 e. The van der Waals surface area contributed by atoms with Crippen molar-refractivity contribution >= 4 is 27.4 Å². The number of nitrogens with zero attached hydrogens (tertiary/aromatic N) is 2. The molecule has 0 atom stereocenters. The maximum Gasteiger partial charge on any atom is 0.135 e. The zero-order chi connectivity index (χ0) is 13.0. The van der Waals surface area contributed by atoms with Crippen molar-refractivity contribution in [2.75, 3.05) is 5.32 Å². The Labute approximate surface area is 116 Å². The summed E-state index contributed by atoms with van der Waals surface area (Å²) in [4.78, 5) is 8.84. The zero-order valence-electron chi connectivity index (χ0n) is 10.6. The van der Waals surface area contributed by atoms with Gasteiger partial charge in [-0.2, -0.15) is 0 Å². The molecule has 0 spiro atoms. The van der Waals surface area contributed by atoms with Crippen LogP contribution in [-0.4, -0.2) is 9.97 Å². The Kier molecular flexibility index (Phi) is 4.31. The molecule has 1 aromatic heterocycles. The first-order chi connectivity index (χ1) is 8.67. The molecule has 0 radical (unpaired) electrons. The summed E-state index contributed by atoms with van der Waals surface area (Å²) < 4.78 is 0.816. The van der Waals surface area contributed by atoms with E-state index in [-0.39, 0.29) is 0 Å². The van der Waals surface area contributed by atoms with Gasteiger partial charge in [0.1, 0.15) is 16.2 Å². The van der Waals surface area contributed by atoms with E-state index in [2.05, 4.69) is 57.2 Å². The van der Waals surface area contributed by atoms with Crippen LogP contribution in [0.3, 0.4) is 0 Å². The van der Waals surface area contributed by atoms with Gasteiger partial charge in [-0.25, -0.2) is 9.97 Å². The molecule has 0 saturated carbocycles. The van der Waals surface area contributed by atoms with E-state index >= 15 is 0 Å². The standard InChI is InChI=1S/C14H16BrN3/c1-3-5-13-17-12(15)9-14(18-13)16-11-7-4-6-10(2)8-11/h4,6-9H,3,5H2,1-2H3,(H,16,17,18). The fraction of sp³-hybridized carbons (Fsp3) is 0.286. The molecule has 0 aliphatic heterocycles. The Balaban J connectivity index is 2.23. The van der Waals surface area contributed by atoms with Gasteiger partial charge in [0.05, 0.1) is 0 Å². The molecule has 18 heavy (non-hydrogen) atoms. The van der Waals surface area contributed by atoms with E-state index in [0.717, 1.165) is 34.8 Å². The minimum atomic E-state index is 0.816. The molecule has 3 nitrogen and oxygen atoms in total. The molecule has 2 aromatic rings. The van der Waals surface area contributed by atoms with E-state index in [0.29, 0.717) is 0 Å². The molecule has 0 saturated heterocycles. The van der Waals surface area contributed by atoms with E-state index in [1.807, 2.05) is 18.2 Å². The van der Waals surface area contributed by atoms with Crippen LogP contribution in [0.1, 0.15) is 24.7 Å². The molecule has 0 aliphatic rings. The number of benzene rings is 1. The fourth-order valence-corrected chi connectivity index (χ4v) is 2.16. The minimum absolute atomic E-state index is 0.816. The van der Waals surface area contributed by atoms with Gasteiger partial charge >= 0.3 is 0 Å². The number of hydrogen-bond acceptors (Lipinski definition) is 3. The lowest BCUT2D eigenvalue weighted by Crippen LogP contribution is -2.00. The summed E-state index contributed by atoms with van der Waals surface area (Å²) in [6.45, 7) is 4.20. The molecule has 0 bridgehead atoms. The number of halogens is 1. The molecule has 2 rings (SSSR count). The number of hydrogen-bond donors (Lipinski definition) is 1. The number of nitrogens with one attached hydrogen (secondary N) is 1. The Morgan fingerprint density at radius 2 is 2.06 bits per heavy atom. The summed E-state index contributed by atoms with van der Waals surface area (Å²) in [5.74, 6) is 1.69. The third kappa shape index (κ3) is 3.53. The highest BCUT2D eigenvalue weighted by Crippen LogP contribution is 2.19. The van der Waals surface area contributed by atoms with Crippen LogP contribution in [-0.2, 0) is 6.42 Å². The molecule has 1 aromatic carbocycles. The second kappa shape index (κ2) is 5.96. The molecule has 0 fully saturated rings. The predicted octanol–water partition coefficient (Wildman–Crippen LogP) is 4.24. The molecule has 94 valence electrons. The Bertz CT molecular complexity index is 540. The van der Waals surface area contributed by atoms with Gasteiger partial charge < -0.3 is 5.32 Å². The average Bonchev–Trinajstić information content (AvgIpc) is 2.28. The topological polar surface area (TPSA) is 37.8 Å². The van der Waals surface area contributed by atoms with Gasteiger partial charge in [-0.05, 0) is 47.0 Å². The monoisotopic (exact) mass is 305 g/mol. The van der Waals surface area contributed by atoms with Crippen molar-refractivity contribution < 1.29 is 0 Å². The smallest absolute Gasteiger partial charge is 0.135 e. The van der Waals surface area contributed by atoms with Crippen LogP contribution in [0.5, 0.6) is 0 Å². The summed E-state index contributed by atoms with van der Waals surface area (Å²) in [6, 6.07) is 10.1. The zero-order valence-corrected chi connectivity index (χ0v) is 12.2. The predicted molar refractivity (Wildman–Crippen MR) is 78.2 cm³/mol. The van der Waals surface area contributed by atoms with Crippen molar-refractivity contribution in [1.82, 2.24) is 9.97 Å². The first-order valence-electron chi connectivity index (χ1n) is 6.04. The lowest BCUT2D eigenvalue weighted by molar-refractivity contribution is 0.831. The van der Waals surface area contributed by atoms with Crippen LogP contribution in [0.15, 0.2) is 34.9 Å². The average molecular weight is 306 g/mol. The van der Waals surface area contributed by atoms with Crippen molar-refractivity contribution in [3.05, 3.63) is 46.3 Å². The van der Waals surface area contributed by atoms with Crippen molar-refractivity contribution in [2.45, 2.75) is 26.7 Å². The first-order valence-corrected chi connectivity index (χ1v) is 6.84. The van der Waals surface area contributed by atoms with Crippen molar-refractivity contribution in [3.8, 4) is 0 Å². The summed E-state index contributed by atoms with van der Waals surface area (Å²) in [5.41, 5.74) is 2.27. The number of aromatic nitrogens is 2. The van der Waals surface area contributed by atoms with Gasteiger partial charge in [-0.15, -0.1) is 0 Å². The summed E-state index contributed by atoms with van der Waals surface area (Å²) >= 11 is 3.42. The molecular weight excluding hydrogens is 290 g/mol. The molecular formula is C14H16BrN3. The van der Waals surface area contributed by atoms with Crippen LogP contribution in [0.4, 0.5) is 11.5 Å². The molecule has 1 N–H and O–H groups in total. The van der Waals surface area contributed by atoms with E-state index in [1.54, 1.807) is 0 Å². The maximum absolute atomic E-state index is 4.50. The highest BCUT2D eigenvalue weighted by molar-refractivity contribution is 9.10. The highest BCUT2D eigenvalue weighted by Gasteiger charge is 2.03. The summed E-state index contributed by atoms with van der Waals surface area (Å²) in [6.07, 6.45) is 1.93. The minimum Gasteiger partial charge on any atom is -0.340 e. The van der Waals surface area contributed by atoms with E-state index < -0.39 is 0 Å². The van der Waals surface area contributed by atoms with Crippen molar-refractivity contribution in [1.29, 1.82) is 0 Å². The number of aryl methyl sites for hydroxylation is 2. The quantitative estimate of drug-likeness (QED) is 0.858. The summed E-state index contributed by atoms with van der Waals surface area (Å²) in [7, 11) is 0. The molecule has 0 unspecified atom stereocenters.